The SMILES string of the molecule is COc1cccc2c1CC1C(C)(C)CCCC1(C)O2. The van der Waals surface area contributed by atoms with Gasteiger partial charge in [0.2, 0.25) is 0 Å². The molecule has 0 amide bonds. The minimum absolute atomic E-state index is 0.0128. The molecule has 1 heterocycles. The van der Waals surface area contributed by atoms with Crippen molar-refractivity contribution < 1.29 is 9.47 Å². The summed E-state index contributed by atoms with van der Waals surface area (Å²) in [5.41, 5.74) is 1.58. The average Bonchev–Trinajstić information content (AvgIpc) is 2.35. The Morgan fingerprint density at radius 2 is 2.00 bits per heavy atom. The van der Waals surface area contributed by atoms with Crippen molar-refractivity contribution in [1.82, 2.24) is 0 Å². The molecule has 0 bridgehead atoms. The van der Waals surface area contributed by atoms with Gasteiger partial charge in [0, 0.05) is 11.5 Å². The quantitative estimate of drug-likeness (QED) is 0.753. The molecule has 0 spiro atoms. The smallest absolute Gasteiger partial charge is 0.127 e. The summed E-state index contributed by atoms with van der Waals surface area (Å²) in [4.78, 5) is 0. The van der Waals surface area contributed by atoms with Crippen molar-refractivity contribution in [2.24, 2.45) is 11.3 Å². The third-order valence-electron chi connectivity index (χ3n) is 5.24. The van der Waals surface area contributed by atoms with Crippen LogP contribution in [0.3, 0.4) is 0 Å². The number of hydrogen-bond donors (Lipinski definition) is 0. The first-order valence-corrected chi connectivity index (χ1v) is 7.31. The molecule has 0 aromatic heterocycles. The van der Waals surface area contributed by atoms with Gasteiger partial charge in [0.15, 0.2) is 0 Å². The van der Waals surface area contributed by atoms with E-state index in [0.29, 0.717) is 11.3 Å². The number of rotatable bonds is 1. The number of methoxy groups -OCH3 is 1. The summed E-state index contributed by atoms with van der Waals surface area (Å²) in [5, 5.41) is 0. The number of fused-ring (bicyclic) bond motifs is 2. The van der Waals surface area contributed by atoms with E-state index in [1.54, 1.807) is 7.11 Å². The highest BCUT2D eigenvalue weighted by molar-refractivity contribution is 5.47. The van der Waals surface area contributed by atoms with Crippen LogP contribution in [0, 0.1) is 11.3 Å². The van der Waals surface area contributed by atoms with Gasteiger partial charge in [-0.15, -0.1) is 0 Å². The van der Waals surface area contributed by atoms with Crippen LogP contribution in [-0.2, 0) is 6.42 Å². The van der Waals surface area contributed by atoms with Crippen molar-refractivity contribution in [2.45, 2.75) is 52.1 Å². The van der Waals surface area contributed by atoms with Crippen LogP contribution in [0.1, 0.15) is 45.6 Å². The molecule has 3 rings (SSSR count). The summed E-state index contributed by atoms with van der Waals surface area (Å²) >= 11 is 0. The molecule has 1 aromatic carbocycles. The standard InChI is InChI=1S/C17H24O2/c1-16(2)9-6-10-17(3)15(16)11-12-13(18-4)7-5-8-14(12)19-17/h5,7-8,15H,6,9-11H2,1-4H3. The Balaban J connectivity index is 2.06. The lowest BCUT2D eigenvalue weighted by atomic mass is 9.59. The van der Waals surface area contributed by atoms with Gasteiger partial charge >= 0.3 is 0 Å². The van der Waals surface area contributed by atoms with Crippen LogP contribution in [0.5, 0.6) is 11.5 Å². The van der Waals surface area contributed by atoms with Gasteiger partial charge in [-0.2, -0.15) is 0 Å². The van der Waals surface area contributed by atoms with Crippen molar-refractivity contribution in [3.63, 3.8) is 0 Å². The second-order valence-corrected chi connectivity index (χ2v) is 6.95. The fourth-order valence-corrected chi connectivity index (χ4v) is 4.17. The summed E-state index contributed by atoms with van der Waals surface area (Å²) in [5.74, 6) is 2.56. The van der Waals surface area contributed by atoms with Gasteiger partial charge in [-0.3, -0.25) is 0 Å². The first-order valence-electron chi connectivity index (χ1n) is 7.31. The van der Waals surface area contributed by atoms with Crippen LogP contribution in [0.2, 0.25) is 0 Å². The second-order valence-electron chi connectivity index (χ2n) is 6.95. The Hall–Kier alpha value is -1.18. The van der Waals surface area contributed by atoms with Gasteiger partial charge < -0.3 is 9.47 Å². The molecular weight excluding hydrogens is 236 g/mol. The van der Waals surface area contributed by atoms with E-state index in [2.05, 4.69) is 26.8 Å². The molecule has 1 aromatic rings. The molecule has 1 saturated carbocycles. The van der Waals surface area contributed by atoms with Crippen molar-refractivity contribution in [1.29, 1.82) is 0 Å². The first kappa shape index (κ1) is 12.8. The maximum Gasteiger partial charge on any atom is 0.127 e. The first-order chi connectivity index (χ1) is 8.96. The lowest BCUT2D eigenvalue weighted by Crippen LogP contribution is -2.53. The summed E-state index contributed by atoms with van der Waals surface area (Å²) in [6, 6.07) is 6.15. The van der Waals surface area contributed by atoms with Gasteiger partial charge in [-0.1, -0.05) is 19.9 Å². The predicted octanol–water partition coefficient (Wildman–Crippen LogP) is 4.22. The van der Waals surface area contributed by atoms with Gasteiger partial charge in [0.25, 0.3) is 0 Å². The van der Waals surface area contributed by atoms with Crippen LogP contribution in [0.4, 0.5) is 0 Å². The minimum Gasteiger partial charge on any atom is -0.496 e. The van der Waals surface area contributed by atoms with Crippen LogP contribution in [0.15, 0.2) is 18.2 Å². The van der Waals surface area contributed by atoms with Crippen molar-refractivity contribution >= 4 is 0 Å². The number of benzene rings is 1. The van der Waals surface area contributed by atoms with Gasteiger partial charge in [0.1, 0.15) is 17.1 Å². The zero-order valence-corrected chi connectivity index (χ0v) is 12.5. The van der Waals surface area contributed by atoms with Crippen molar-refractivity contribution in [2.75, 3.05) is 7.11 Å². The maximum atomic E-state index is 6.42. The lowest BCUT2D eigenvalue weighted by molar-refractivity contribution is -0.0819. The van der Waals surface area contributed by atoms with Gasteiger partial charge in [0.05, 0.1) is 7.11 Å². The van der Waals surface area contributed by atoms with E-state index in [0.717, 1.165) is 24.3 Å². The summed E-state index contributed by atoms with van der Waals surface area (Å²) in [7, 11) is 1.75. The fraction of sp³-hybridized carbons (Fsp3) is 0.647. The molecule has 0 N–H and O–H groups in total. The maximum absolute atomic E-state index is 6.42. The molecule has 104 valence electrons. The lowest BCUT2D eigenvalue weighted by Gasteiger charge is -2.53. The van der Waals surface area contributed by atoms with Gasteiger partial charge in [-0.25, -0.2) is 0 Å². The molecule has 1 aliphatic carbocycles. The van der Waals surface area contributed by atoms with E-state index in [1.807, 2.05) is 12.1 Å². The van der Waals surface area contributed by atoms with E-state index < -0.39 is 0 Å². The second kappa shape index (κ2) is 4.16. The Bertz CT molecular complexity index is 492. The molecule has 1 fully saturated rings. The molecule has 0 radical (unpaired) electrons. The molecule has 0 saturated heterocycles. The number of ether oxygens (including phenoxy) is 2. The van der Waals surface area contributed by atoms with Crippen LogP contribution in [0.25, 0.3) is 0 Å². The highest BCUT2D eigenvalue weighted by atomic mass is 16.5. The Kier molecular flexibility index (Phi) is 2.81. The zero-order chi connectivity index (χ0) is 13.7. The summed E-state index contributed by atoms with van der Waals surface area (Å²) in [6.45, 7) is 7.07. The van der Waals surface area contributed by atoms with Crippen molar-refractivity contribution in [3.8, 4) is 11.5 Å². The zero-order valence-electron chi connectivity index (χ0n) is 12.5. The Morgan fingerprint density at radius 3 is 2.74 bits per heavy atom. The van der Waals surface area contributed by atoms with Crippen LogP contribution in [-0.4, -0.2) is 12.7 Å². The topological polar surface area (TPSA) is 18.5 Å². The molecule has 2 unspecified atom stereocenters. The van der Waals surface area contributed by atoms with E-state index in [-0.39, 0.29) is 5.60 Å². The van der Waals surface area contributed by atoms with E-state index >= 15 is 0 Å². The third kappa shape index (κ3) is 1.92. The minimum atomic E-state index is -0.0128. The largest absolute Gasteiger partial charge is 0.496 e. The molecule has 2 aliphatic rings. The van der Waals surface area contributed by atoms with Gasteiger partial charge in [-0.05, 0) is 50.2 Å². The molecule has 2 nitrogen and oxygen atoms in total. The normalized spacial score (nSPS) is 31.9. The molecule has 2 atom stereocenters. The fourth-order valence-electron chi connectivity index (χ4n) is 4.17. The van der Waals surface area contributed by atoms with E-state index in [9.17, 15) is 0 Å². The average molecular weight is 260 g/mol. The van der Waals surface area contributed by atoms with E-state index in [1.165, 1.54) is 18.4 Å². The highest BCUT2D eigenvalue weighted by Gasteiger charge is 2.51. The Labute approximate surface area is 116 Å². The Morgan fingerprint density at radius 1 is 1.21 bits per heavy atom. The third-order valence-corrected chi connectivity index (χ3v) is 5.24. The van der Waals surface area contributed by atoms with E-state index in [4.69, 9.17) is 9.47 Å². The molecule has 1 aliphatic heterocycles. The van der Waals surface area contributed by atoms with Crippen LogP contribution < -0.4 is 9.47 Å². The highest BCUT2D eigenvalue weighted by Crippen LogP contribution is 2.54. The van der Waals surface area contributed by atoms with Crippen LogP contribution >= 0.6 is 0 Å². The molecular formula is C17H24O2. The summed E-state index contributed by atoms with van der Waals surface area (Å²) < 4.78 is 11.9. The summed E-state index contributed by atoms with van der Waals surface area (Å²) in [6.07, 6.45) is 4.79. The molecule has 19 heavy (non-hydrogen) atoms. The monoisotopic (exact) mass is 260 g/mol. The molecule has 2 heteroatoms. The van der Waals surface area contributed by atoms with Crippen molar-refractivity contribution in [3.05, 3.63) is 23.8 Å². The predicted molar refractivity (Wildman–Crippen MR) is 76.9 cm³/mol. The number of hydrogen-bond acceptors (Lipinski definition) is 2.